The summed E-state index contributed by atoms with van der Waals surface area (Å²) in [6.07, 6.45) is 2.46. The highest BCUT2D eigenvalue weighted by molar-refractivity contribution is 5.80. The van der Waals surface area contributed by atoms with Crippen molar-refractivity contribution in [2.75, 3.05) is 6.54 Å². The van der Waals surface area contributed by atoms with Crippen LogP contribution in [0.4, 0.5) is 4.39 Å². The van der Waals surface area contributed by atoms with Crippen molar-refractivity contribution in [3.8, 4) is 0 Å². The quantitative estimate of drug-likeness (QED) is 0.723. The molecule has 3 N–H and O–H groups in total. The van der Waals surface area contributed by atoms with Crippen molar-refractivity contribution in [3.05, 3.63) is 35.8 Å². The largest absolute Gasteiger partial charge is 0.359 e. The molecule has 2 nitrogen and oxygen atoms in total. The first-order valence-electron chi connectivity index (χ1n) is 4.27. The molecule has 68 valence electrons. The van der Waals surface area contributed by atoms with Crippen molar-refractivity contribution in [1.29, 1.82) is 0 Å². The average Bonchev–Trinajstić information content (AvgIpc) is 2.53. The number of aromatic amines is 1. The van der Waals surface area contributed by atoms with E-state index in [9.17, 15) is 4.39 Å². The van der Waals surface area contributed by atoms with E-state index in [4.69, 9.17) is 5.73 Å². The smallest absolute Gasteiger partial charge is 0.147 e. The van der Waals surface area contributed by atoms with Crippen LogP contribution in [0, 0.1) is 5.82 Å². The lowest BCUT2D eigenvalue weighted by molar-refractivity contribution is 0.635. The molecule has 0 aliphatic heterocycles. The van der Waals surface area contributed by atoms with Gasteiger partial charge < -0.3 is 10.7 Å². The maximum absolute atomic E-state index is 13.3. The van der Waals surface area contributed by atoms with Crippen molar-refractivity contribution >= 4 is 10.9 Å². The highest BCUT2D eigenvalue weighted by atomic mass is 19.1. The van der Waals surface area contributed by atoms with E-state index >= 15 is 0 Å². The van der Waals surface area contributed by atoms with Crippen molar-refractivity contribution in [3.63, 3.8) is 0 Å². The van der Waals surface area contributed by atoms with Gasteiger partial charge in [-0.05, 0) is 36.7 Å². The van der Waals surface area contributed by atoms with Crippen molar-refractivity contribution < 1.29 is 4.39 Å². The van der Waals surface area contributed by atoms with Crippen LogP contribution in [-0.4, -0.2) is 11.5 Å². The third-order valence-electron chi connectivity index (χ3n) is 2.10. The van der Waals surface area contributed by atoms with Gasteiger partial charge in [0.25, 0.3) is 0 Å². The molecule has 0 bridgehead atoms. The second-order valence-electron chi connectivity index (χ2n) is 3.06. The van der Waals surface area contributed by atoms with Gasteiger partial charge in [0.1, 0.15) is 5.82 Å². The predicted molar refractivity (Wildman–Crippen MR) is 51.0 cm³/mol. The van der Waals surface area contributed by atoms with Crippen LogP contribution in [-0.2, 0) is 6.42 Å². The summed E-state index contributed by atoms with van der Waals surface area (Å²) in [4.78, 5) is 2.85. The monoisotopic (exact) mass is 178 g/mol. The molecule has 0 radical (unpaired) electrons. The average molecular weight is 178 g/mol. The van der Waals surface area contributed by atoms with Crippen LogP contribution in [0.3, 0.4) is 0 Å². The lowest BCUT2D eigenvalue weighted by Gasteiger charge is -1.99. The summed E-state index contributed by atoms with van der Waals surface area (Å²) < 4.78 is 13.3. The van der Waals surface area contributed by atoms with E-state index in [1.807, 2.05) is 12.1 Å². The molecule has 0 saturated carbocycles. The number of hydrogen-bond acceptors (Lipinski definition) is 1. The van der Waals surface area contributed by atoms with Crippen LogP contribution < -0.4 is 5.73 Å². The summed E-state index contributed by atoms with van der Waals surface area (Å²) in [5.74, 6) is -0.203. The molecule has 0 saturated heterocycles. The molecule has 0 amide bonds. The summed E-state index contributed by atoms with van der Waals surface area (Å²) in [5.41, 5.74) is 6.92. The number of nitrogens with one attached hydrogen (secondary N) is 1. The van der Waals surface area contributed by atoms with Crippen molar-refractivity contribution in [2.24, 2.45) is 5.73 Å². The molecular formula is C10H11FN2. The first-order chi connectivity index (χ1) is 6.31. The minimum Gasteiger partial charge on any atom is -0.359 e. The Labute approximate surface area is 75.6 Å². The zero-order chi connectivity index (χ0) is 9.26. The van der Waals surface area contributed by atoms with Gasteiger partial charge in [0.15, 0.2) is 0 Å². The Morgan fingerprint density at radius 1 is 1.38 bits per heavy atom. The molecule has 0 aliphatic rings. The molecule has 1 aromatic heterocycles. The van der Waals surface area contributed by atoms with Crippen LogP contribution in [0.1, 0.15) is 5.56 Å². The third kappa shape index (κ3) is 1.42. The van der Waals surface area contributed by atoms with Gasteiger partial charge in [0.05, 0.1) is 5.52 Å². The number of halogens is 1. The SMILES string of the molecule is NCCc1cc(F)c2[nH]ccc2c1. The Morgan fingerprint density at radius 3 is 3.00 bits per heavy atom. The number of benzene rings is 1. The zero-order valence-electron chi connectivity index (χ0n) is 7.18. The first kappa shape index (κ1) is 8.26. The van der Waals surface area contributed by atoms with Crippen LogP contribution in [0.5, 0.6) is 0 Å². The van der Waals surface area contributed by atoms with E-state index in [-0.39, 0.29) is 5.82 Å². The van der Waals surface area contributed by atoms with E-state index in [1.165, 1.54) is 6.07 Å². The topological polar surface area (TPSA) is 41.8 Å². The fourth-order valence-corrected chi connectivity index (χ4v) is 1.50. The Balaban J connectivity index is 2.56. The van der Waals surface area contributed by atoms with Gasteiger partial charge in [-0.15, -0.1) is 0 Å². The molecule has 13 heavy (non-hydrogen) atoms. The minimum atomic E-state index is -0.203. The van der Waals surface area contributed by atoms with Crippen molar-refractivity contribution in [2.45, 2.75) is 6.42 Å². The van der Waals surface area contributed by atoms with Gasteiger partial charge in [-0.25, -0.2) is 4.39 Å². The summed E-state index contributed by atoms with van der Waals surface area (Å²) in [6, 6.07) is 5.35. The van der Waals surface area contributed by atoms with Crippen LogP contribution in [0.15, 0.2) is 24.4 Å². The highest BCUT2D eigenvalue weighted by Gasteiger charge is 2.03. The van der Waals surface area contributed by atoms with Gasteiger partial charge in [-0.2, -0.15) is 0 Å². The first-order valence-corrected chi connectivity index (χ1v) is 4.27. The molecule has 3 heteroatoms. The van der Waals surface area contributed by atoms with Gasteiger partial charge >= 0.3 is 0 Å². The molecule has 1 heterocycles. The molecular weight excluding hydrogens is 167 g/mol. The lowest BCUT2D eigenvalue weighted by Crippen LogP contribution is -2.02. The molecule has 1 aromatic carbocycles. The number of H-pyrrole nitrogens is 1. The maximum atomic E-state index is 13.3. The van der Waals surface area contributed by atoms with E-state index in [1.54, 1.807) is 6.20 Å². The lowest BCUT2D eigenvalue weighted by atomic mass is 10.1. The van der Waals surface area contributed by atoms with Crippen LogP contribution in [0.25, 0.3) is 10.9 Å². The summed E-state index contributed by atoms with van der Waals surface area (Å²) in [6.45, 7) is 0.551. The summed E-state index contributed by atoms with van der Waals surface area (Å²) in [7, 11) is 0. The normalized spacial score (nSPS) is 10.9. The molecule has 2 aromatic rings. The number of hydrogen-bond donors (Lipinski definition) is 2. The Hall–Kier alpha value is -1.35. The van der Waals surface area contributed by atoms with E-state index in [2.05, 4.69) is 4.98 Å². The molecule has 0 aliphatic carbocycles. The van der Waals surface area contributed by atoms with E-state index in [0.29, 0.717) is 12.1 Å². The Kier molecular flexibility index (Phi) is 2.02. The van der Waals surface area contributed by atoms with E-state index < -0.39 is 0 Å². The fourth-order valence-electron chi connectivity index (χ4n) is 1.50. The number of nitrogens with two attached hydrogens (primary N) is 1. The fraction of sp³-hybridized carbons (Fsp3) is 0.200. The van der Waals surface area contributed by atoms with Gasteiger partial charge in [0, 0.05) is 11.6 Å². The third-order valence-corrected chi connectivity index (χ3v) is 2.10. The van der Waals surface area contributed by atoms with Gasteiger partial charge in [0.2, 0.25) is 0 Å². The second-order valence-corrected chi connectivity index (χ2v) is 3.06. The standard InChI is InChI=1S/C10H11FN2/c11-9-6-7(1-3-12)5-8-2-4-13-10(8)9/h2,4-6,13H,1,3,12H2. The number of rotatable bonds is 2. The number of aromatic nitrogens is 1. The van der Waals surface area contributed by atoms with Crippen molar-refractivity contribution in [1.82, 2.24) is 4.98 Å². The molecule has 0 spiro atoms. The molecule has 0 unspecified atom stereocenters. The van der Waals surface area contributed by atoms with E-state index in [0.717, 1.165) is 17.4 Å². The Morgan fingerprint density at radius 2 is 2.23 bits per heavy atom. The summed E-state index contributed by atoms with van der Waals surface area (Å²) in [5, 5.41) is 0.906. The summed E-state index contributed by atoms with van der Waals surface area (Å²) >= 11 is 0. The van der Waals surface area contributed by atoms with Gasteiger partial charge in [-0.3, -0.25) is 0 Å². The molecule has 0 fully saturated rings. The van der Waals surface area contributed by atoms with Gasteiger partial charge in [-0.1, -0.05) is 0 Å². The predicted octanol–water partition coefficient (Wildman–Crippen LogP) is 1.81. The highest BCUT2D eigenvalue weighted by Crippen LogP contribution is 2.18. The number of fused-ring (bicyclic) bond motifs is 1. The zero-order valence-corrected chi connectivity index (χ0v) is 7.18. The van der Waals surface area contributed by atoms with Crippen LogP contribution in [0.2, 0.25) is 0 Å². The molecule has 0 atom stereocenters. The maximum Gasteiger partial charge on any atom is 0.147 e. The Bertz CT molecular complexity index is 420. The molecule has 2 rings (SSSR count). The minimum absolute atomic E-state index is 0.203. The van der Waals surface area contributed by atoms with Crippen LogP contribution >= 0.6 is 0 Å². The second kappa shape index (κ2) is 3.18.